The number of anilines is 1. The van der Waals surface area contributed by atoms with E-state index in [9.17, 15) is 18.3 Å². The van der Waals surface area contributed by atoms with Gasteiger partial charge >= 0.3 is 6.36 Å². The Kier molecular flexibility index (Phi) is 4.62. The molecule has 2 aromatic rings. The molecule has 0 radical (unpaired) electrons. The summed E-state index contributed by atoms with van der Waals surface area (Å²) < 4.78 is 40.8. The fourth-order valence-electron chi connectivity index (χ4n) is 1.70. The van der Waals surface area contributed by atoms with Gasteiger partial charge in [0.15, 0.2) is 0 Å². The van der Waals surface area contributed by atoms with Crippen LogP contribution in [0.2, 0.25) is 0 Å². The van der Waals surface area contributed by atoms with Crippen molar-refractivity contribution in [2.45, 2.75) is 12.9 Å². The van der Waals surface area contributed by atoms with Crippen molar-refractivity contribution in [2.24, 2.45) is 0 Å². The van der Waals surface area contributed by atoms with E-state index in [1.54, 1.807) is 24.3 Å². The van der Waals surface area contributed by atoms with Crippen molar-refractivity contribution >= 4 is 21.6 Å². The molecule has 0 aromatic heterocycles. The predicted octanol–water partition coefficient (Wildman–Crippen LogP) is 4.67. The molecule has 0 bridgehead atoms. The molecule has 21 heavy (non-hydrogen) atoms. The van der Waals surface area contributed by atoms with Crippen molar-refractivity contribution in [1.29, 1.82) is 0 Å². The number of hydrogen-bond acceptors (Lipinski definition) is 3. The molecule has 0 aliphatic rings. The summed E-state index contributed by atoms with van der Waals surface area (Å²) in [6, 6.07) is 10.7. The summed E-state index contributed by atoms with van der Waals surface area (Å²) in [5, 5.41) is 12.7. The van der Waals surface area contributed by atoms with Gasteiger partial charge in [0.1, 0.15) is 11.5 Å². The number of hydrogen-bond donors (Lipinski definition) is 2. The molecule has 112 valence electrons. The number of benzene rings is 2. The largest absolute Gasteiger partial charge is 0.573 e. The van der Waals surface area contributed by atoms with Crippen LogP contribution in [0.15, 0.2) is 46.9 Å². The Morgan fingerprint density at radius 1 is 1.14 bits per heavy atom. The highest BCUT2D eigenvalue weighted by Crippen LogP contribution is 2.29. The highest BCUT2D eigenvalue weighted by atomic mass is 79.9. The third-order valence-electron chi connectivity index (χ3n) is 2.62. The highest BCUT2D eigenvalue weighted by Gasteiger charge is 2.31. The monoisotopic (exact) mass is 361 g/mol. The number of para-hydroxylation sites is 1. The first-order chi connectivity index (χ1) is 9.85. The normalized spacial score (nSPS) is 11.2. The molecule has 2 aromatic carbocycles. The lowest BCUT2D eigenvalue weighted by Gasteiger charge is -2.12. The maximum atomic E-state index is 12.1. The average molecular weight is 362 g/mol. The molecule has 0 heterocycles. The quantitative estimate of drug-likeness (QED) is 0.831. The van der Waals surface area contributed by atoms with Crippen LogP contribution >= 0.6 is 15.9 Å². The Balaban J connectivity index is 2.07. The molecule has 0 amide bonds. The van der Waals surface area contributed by atoms with Crippen LogP contribution in [-0.4, -0.2) is 11.5 Å². The molecule has 0 fully saturated rings. The predicted molar refractivity (Wildman–Crippen MR) is 76.3 cm³/mol. The van der Waals surface area contributed by atoms with Gasteiger partial charge < -0.3 is 15.2 Å². The lowest BCUT2D eigenvalue weighted by atomic mass is 10.2. The lowest BCUT2D eigenvalue weighted by molar-refractivity contribution is -0.274. The van der Waals surface area contributed by atoms with Gasteiger partial charge in [0.25, 0.3) is 0 Å². The summed E-state index contributed by atoms with van der Waals surface area (Å²) in [4.78, 5) is 0. The third-order valence-corrected chi connectivity index (χ3v) is 3.26. The summed E-state index contributed by atoms with van der Waals surface area (Å²) in [5.74, 6) is -0.210. The molecule has 3 nitrogen and oxygen atoms in total. The summed E-state index contributed by atoms with van der Waals surface area (Å²) >= 11 is 3.19. The SMILES string of the molecule is Oc1c(Br)cccc1CNc1cccc(OC(F)(F)F)c1. The summed E-state index contributed by atoms with van der Waals surface area (Å²) in [7, 11) is 0. The van der Waals surface area contributed by atoms with Crippen molar-refractivity contribution in [3.05, 3.63) is 52.5 Å². The van der Waals surface area contributed by atoms with Crippen molar-refractivity contribution in [1.82, 2.24) is 0 Å². The number of phenols is 1. The molecular weight excluding hydrogens is 351 g/mol. The van der Waals surface area contributed by atoms with E-state index < -0.39 is 6.36 Å². The zero-order valence-corrected chi connectivity index (χ0v) is 12.2. The van der Waals surface area contributed by atoms with Crippen molar-refractivity contribution in [3.8, 4) is 11.5 Å². The van der Waals surface area contributed by atoms with Gasteiger partial charge in [-0.05, 0) is 34.1 Å². The van der Waals surface area contributed by atoms with Crippen LogP contribution in [0.4, 0.5) is 18.9 Å². The molecular formula is C14H11BrF3NO2. The highest BCUT2D eigenvalue weighted by molar-refractivity contribution is 9.10. The molecule has 0 unspecified atom stereocenters. The number of ether oxygens (including phenoxy) is 1. The molecule has 0 spiro atoms. The van der Waals surface area contributed by atoms with Gasteiger partial charge in [-0.1, -0.05) is 18.2 Å². The number of nitrogens with one attached hydrogen (secondary N) is 1. The zero-order chi connectivity index (χ0) is 15.5. The number of aromatic hydroxyl groups is 1. The van der Waals surface area contributed by atoms with Crippen LogP contribution in [0.1, 0.15) is 5.56 Å². The molecule has 0 atom stereocenters. The first kappa shape index (κ1) is 15.5. The van der Waals surface area contributed by atoms with Gasteiger partial charge in [0.2, 0.25) is 0 Å². The average Bonchev–Trinajstić information content (AvgIpc) is 2.39. The van der Waals surface area contributed by atoms with Crippen molar-refractivity contribution < 1.29 is 23.0 Å². The van der Waals surface area contributed by atoms with Gasteiger partial charge in [-0.15, -0.1) is 13.2 Å². The van der Waals surface area contributed by atoms with E-state index in [1.807, 2.05) is 0 Å². The van der Waals surface area contributed by atoms with Crippen LogP contribution in [0, 0.1) is 0 Å². The third kappa shape index (κ3) is 4.56. The molecule has 2 N–H and O–H groups in total. The minimum absolute atomic E-state index is 0.0905. The Bertz CT molecular complexity index is 632. The summed E-state index contributed by atoms with van der Waals surface area (Å²) in [6.07, 6.45) is -4.72. The lowest BCUT2D eigenvalue weighted by Crippen LogP contribution is -2.17. The summed E-state index contributed by atoms with van der Waals surface area (Å²) in [5.41, 5.74) is 1.07. The van der Waals surface area contributed by atoms with E-state index >= 15 is 0 Å². The van der Waals surface area contributed by atoms with Gasteiger partial charge in [-0.3, -0.25) is 0 Å². The number of halogens is 4. The van der Waals surface area contributed by atoms with Crippen molar-refractivity contribution in [3.63, 3.8) is 0 Å². The smallest absolute Gasteiger partial charge is 0.506 e. The van der Waals surface area contributed by atoms with Gasteiger partial charge in [0.05, 0.1) is 4.47 Å². The number of rotatable bonds is 4. The zero-order valence-electron chi connectivity index (χ0n) is 10.6. The molecule has 7 heteroatoms. The molecule has 2 rings (SSSR count). The van der Waals surface area contributed by atoms with Crippen LogP contribution in [0.3, 0.4) is 0 Å². The Morgan fingerprint density at radius 2 is 1.86 bits per heavy atom. The number of alkyl halides is 3. The van der Waals surface area contributed by atoms with E-state index in [0.717, 1.165) is 0 Å². The minimum atomic E-state index is -4.72. The second-order valence-electron chi connectivity index (χ2n) is 4.18. The number of phenolic OH excluding ortho intramolecular Hbond substituents is 1. The van der Waals surface area contributed by atoms with Crippen LogP contribution in [-0.2, 0) is 6.54 Å². The Hall–Kier alpha value is -1.89. The molecule has 0 saturated carbocycles. The fourth-order valence-corrected chi connectivity index (χ4v) is 2.11. The first-order valence-electron chi connectivity index (χ1n) is 5.91. The van der Waals surface area contributed by atoms with Crippen LogP contribution in [0.25, 0.3) is 0 Å². The second-order valence-corrected chi connectivity index (χ2v) is 5.03. The van der Waals surface area contributed by atoms with E-state index in [0.29, 0.717) is 15.7 Å². The Labute approximate surface area is 127 Å². The Morgan fingerprint density at radius 3 is 2.57 bits per heavy atom. The fraction of sp³-hybridized carbons (Fsp3) is 0.143. The van der Waals surface area contributed by atoms with Gasteiger partial charge in [0, 0.05) is 23.9 Å². The van der Waals surface area contributed by atoms with E-state index in [-0.39, 0.29) is 18.0 Å². The van der Waals surface area contributed by atoms with E-state index in [2.05, 4.69) is 26.0 Å². The standard InChI is InChI=1S/C14H11BrF3NO2/c15-12-6-1-3-9(13(12)20)8-19-10-4-2-5-11(7-10)21-14(16,17)18/h1-7,19-20H,8H2. The van der Waals surface area contributed by atoms with Crippen molar-refractivity contribution in [2.75, 3.05) is 5.32 Å². The maximum Gasteiger partial charge on any atom is 0.573 e. The molecule has 0 saturated heterocycles. The minimum Gasteiger partial charge on any atom is -0.506 e. The van der Waals surface area contributed by atoms with Crippen LogP contribution < -0.4 is 10.1 Å². The maximum absolute atomic E-state index is 12.1. The van der Waals surface area contributed by atoms with Crippen LogP contribution in [0.5, 0.6) is 11.5 Å². The van der Waals surface area contributed by atoms with E-state index in [4.69, 9.17) is 0 Å². The van der Waals surface area contributed by atoms with Gasteiger partial charge in [-0.25, -0.2) is 0 Å². The van der Waals surface area contributed by atoms with E-state index in [1.165, 1.54) is 18.2 Å². The van der Waals surface area contributed by atoms with Gasteiger partial charge in [-0.2, -0.15) is 0 Å². The molecule has 0 aliphatic heterocycles. The molecule has 0 aliphatic carbocycles. The topological polar surface area (TPSA) is 41.5 Å². The first-order valence-corrected chi connectivity index (χ1v) is 6.70. The second kappa shape index (κ2) is 6.26. The summed E-state index contributed by atoms with van der Waals surface area (Å²) in [6.45, 7) is 0.265.